The van der Waals surface area contributed by atoms with Gasteiger partial charge in [0.25, 0.3) is 5.91 Å². The number of benzene rings is 1. The number of esters is 1. The highest BCUT2D eigenvalue weighted by Crippen LogP contribution is 2.44. The number of nitrogens with zero attached hydrogens (tertiary/aromatic N) is 1. The van der Waals surface area contributed by atoms with Crippen LogP contribution >= 0.6 is 0 Å². The fourth-order valence-electron chi connectivity index (χ4n) is 3.03. The van der Waals surface area contributed by atoms with Gasteiger partial charge < -0.3 is 14.2 Å². The van der Waals surface area contributed by atoms with E-state index in [0.717, 1.165) is 11.3 Å². The summed E-state index contributed by atoms with van der Waals surface area (Å²) in [5.74, 6) is -0.0523. The first-order chi connectivity index (χ1) is 10.7. The predicted molar refractivity (Wildman–Crippen MR) is 71.6 cm³/mol. The third-order valence-corrected chi connectivity index (χ3v) is 4.20. The summed E-state index contributed by atoms with van der Waals surface area (Å²) in [6.07, 6.45) is -1.64. The van der Waals surface area contributed by atoms with Gasteiger partial charge in [0.05, 0.1) is 26.4 Å². The van der Waals surface area contributed by atoms with E-state index in [1.54, 1.807) is 0 Å². The lowest BCUT2D eigenvalue weighted by Crippen LogP contribution is -2.38. The number of amides is 1. The molecule has 1 aromatic carbocycles. The van der Waals surface area contributed by atoms with Gasteiger partial charge >= 0.3 is 5.97 Å². The fraction of sp³-hybridized carbons (Fsp3) is 0.467. The van der Waals surface area contributed by atoms with E-state index in [2.05, 4.69) is 4.74 Å². The zero-order valence-corrected chi connectivity index (χ0v) is 11.9. The Morgan fingerprint density at radius 2 is 2.05 bits per heavy atom. The molecule has 0 saturated carbocycles. The van der Waals surface area contributed by atoms with Gasteiger partial charge in [-0.1, -0.05) is 18.2 Å². The molecule has 116 valence electrons. The first-order valence-corrected chi connectivity index (χ1v) is 7.11. The SMILES string of the molecule is COC(=O)[C@H]1O[C@H]1C(=O)N1OC[C@H]2COc3ccccc3[C@H]21. The first kappa shape index (κ1) is 13.5. The Kier molecular flexibility index (Phi) is 3.05. The highest BCUT2D eigenvalue weighted by molar-refractivity contribution is 5.92. The largest absolute Gasteiger partial charge is 0.493 e. The molecule has 0 bridgehead atoms. The summed E-state index contributed by atoms with van der Waals surface area (Å²) in [7, 11) is 1.27. The molecule has 0 aliphatic carbocycles. The summed E-state index contributed by atoms with van der Waals surface area (Å²) < 4.78 is 15.4. The second kappa shape index (κ2) is 4.96. The van der Waals surface area contributed by atoms with Crippen LogP contribution < -0.4 is 4.74 Å². The number of carbonyl (C=O) groups is 2. The molecule has 0 N–H and O–H groups in total. The number of hydroxylamine groups is 2. The van der Waals surface area contributed by atoms with Crippen molar-refractivity contribution in [3.8, 4) is 5.75 Å². The van der Waals surface area contributed by atoms with E-state index in [1.165, 1.54) is 12.2 Å². The van der Waals surface area contributed by atoms with Crippen LogP contribution in [-0.2, 0) is 23.9 Å². The van der Waals surface area contributed by atoms with Crippen molar-refractivity contribution in [2.24, 2.45) is 5.92 Å². The third kappa shape index (κ3) is 1.97. The monoisotopic (exact) mass is 305 g/mol. The van der Waals surface area contributed by atoms with Crippen LogP contribution in [0, 0.1) is 5.92 Å². The Balaban J connectivity index is 1.57. The van der Waals surface area contributed by atoms with E-state index in [-0.39, 0.29) is 17.9 Å². The standard InChI is InChI=1S/C15H15NO6/c1-19-15(18)13-12(22-13)14(17)16-11-8(7-21-16)6-20-10-5-3-2-4-9(10)11/h2-5,8,11-13H,6-7H2,1H3/t8-,11+,12-,13+/m1/s1. The van der Waals surface area contributed by atoms with Gasteiger partial charge in [0, 0.05) is 11.5 Å². The average Bonchev–Trinajstić information content (AvgIpc) is 3.24. The molecule has 3 heterocycles. The summed E-state index contributed by atoms with van der Waals surface area (Å²) in [5, 5.41) is 1.33. The van der Waals surface area contributed by atoms with Crippen LogP contribution in [0.15, 0.2) is 24.3 Å². The Bertz CT molecular complexity index is 632. The van der Waals surface area contributed by atoms with Crippen molar-refractivity contribution < 1.29 is 28.6 Å². The predicted octanol–water partition coefficient (Wildman–Crippen LogP) is 0.450. The van der Waals surface area contributed by atoms with E-state index in [1.807, 2.05) is 24.3 Å². The molecule has 1 amide bonds. The molecule has 3 aliphatic rings. The molecule has 4 rings (SSSR count). The maximum absolute atomic E-state index is 12.5. The molecule has 1 aromatic rings. The number of rotatable bonds is 2. The highest BCUT2D eigenvalue weighted by Gasteiger charge is 2.56. The van der Waals surface area contributed by atoms with Crippen molar-refractivity contribution >= 4 is 11.9 Å². The lowest BCUT2D eigenvalue weighted by atomic mass is 9.92. The minimum Gasteiger partial charge on any atom is -0.493 e. The molecule has 2 saturated heterocycles. The van der Waals surface area contributed by atoms with Crippen LogP contribution in [0.5, 0.6) is 5.75 Å². The van der Waals surface area contributed by atoms with Crippen LogP contribution in [-0.4, -0.2) is 49.5 Å². The van der Waals surface area contributed by atoms with Crippen molar-refractivity contribution in [1.82, 2.24) is 5.06 Å². The average molecular weight is 305 g/mol. The molecule has 0 unspecified atom stereocenters. The van der Waals surface area contributed by atoms with Gasteiger partial charge in [0.15, 0.2) is 12.2 Å². The summed E-state index contributed by atoms with van der Waals surface area (Å²) in [6, 6.07) is 7.37. The second-order valence-electron chi connectivity index (χ2n) is 5.51. The number of para-hydroxylation sites is 1. The van der Waals surface area contributed by atoms with Crippen molar-refractivity contribution in [1.29, 1.82) is 0 Å². The lowest BCUT2D eigenvalue weighted by Gasteiger charge is -2.31. The van der Waals surface area contributed by atoms with Gasteiger partial charge in [-0.3, -0.25) is 9.63 Å². The van der Waals surface area contributed by atoms with E-state index >= 15 is 0 Å². The minimum atomic E-state index is -0.824. The number of hydrogen-bond acceptors (Lipinski definition) is 6. The Hall–Kier alpha value is -2.12. The second-order valence-corrected chi connectivity index (χ2v) is 5.51. The highest BCUT2D eigenvalue weighted by atomic mass is 16.7. The van der Waals surface area contributed by atoms with Crippen LogP contribution in [0.3, 0.4) is 0 Å². The Labute approximate surface area is 126 Å². The molecule has 22 heavy (non-hydrogen) atoms. The molecule has 7 nitrogen and oxygen atoms in total. The molecule has 0 spiro atoms. The number of hydrogen-bond donors (Lipinski definition) is 0. The Morgan fingerprint density at radius 3 is 2.86 bits per heavy atom. The van der Waals surface area contributed by atoms with Gasteiger partial charge in [-0.25, -0.2) is 9.86 Å². The van der Waals surface area contributed by atoms with Crippen molar-refractivity contribution in [2.75, 3.05) is 20.3 Å². The van der Waals surface area contributed by atoms with Crippen LogP contribution in [0.4, 0.5) is 0 Å². The van der Waals surface area contributed by atoms with Crippen molar-refractivity contribution in [3.63, 3.8) is 0 Å². The molecular weight excluding hydrogens is 290 g/mol. The topological polar surface area (TPSA) is 77.6 Å². The summed E-state index contributed by atoms with van der Waals surface area (Å²) in [6.45, 7) is 0.901. The lowest BCUT2D eigenvalue weighted by molar-refractivity contribution is -0.178. The summed E-state index contributed by atoms with van der Waals surface area (Å²) in [4.78, 5) is 29.5. The minimum absolute atomic E-state index is 0.0779. The zero-order valence-electron chi connectivity index (χ0n) is 11.9. The smallest absolute Gasteiger partial charge is 0.338 e. The number of methoxy groups -OCH3 is 1. The van der Waals surface area contributed by atoms with E-state index < -0.39 is 18.2 Å². The quantitative estimate of drug-likeness (QED) is 0.583. The molecule has 2 fully saturated rings. The van der Waals surface area contributed by atoms with Crippen LogP contribution in [0.1, 0.15) is 11.6 Å². The van der Waals surface area contributed by atoms with Crippen molar-refractivity contribution in [3.05, 3.63) is 29.8 Å². The van der Waals surface area contributed by atoms with Gasteiger partial charge in [-0.15, -0.1) is 0 Å². The maximum atomic E-state index is 12.5. The molecule has 4 atom stereocenters. The van der Waals surface area contributed by atoms with Gasteiger partial charge in [-0.2, -0.15) is 0 Å². The van der Waals surface area contributed by atoms with Gasteiger partial charge in [-0.05, 0) is 6.07 Å². The normalized spacial score (nSPS) is 31.8. The molecule has 3 aliphatic heterocycles. The molecule has 0 radical (unpaired) electrons. The first-order valence-electron chi connectivity index (χ1n) is 7.11. The number of epoxide rings is 1. The number of fused-ring (bicyclic) bond motifs is 3. The number of carbonyl (C=O) groups excluding carboxylic acids is 2. The summed E-state index contributed by atoms with van der Waals surface area (Å²) >= 11 is 0. The zero-order chi connectivity index (χ0) is 15.3. The molecule has 0 aromatic heterocycles. The molecular formula is C15H15NO6. The van der Waals surface area contributed by atoms with E-state index in [0.29, 0.717) is 13.2 Å². The van der Waals surface area contributed by atoms with Crippen LogP contribution in [0.2, 0.25) is 0 Å². The van der Waals surface area contributed by atoms with Gasteiger partial charge in [0.1, 0.15) is 5.75 Å². The Morgan fingerprint density at radius 1 is 1.23 bits per heavy atom. The maximum Gasteiger partial charge on any atom is 0.338 e. The van der Waals surface area contributed by atoms with Crippen LogP contribution in [0.25, 0.3) is 0 Å². The summed E-state index contributed by atoms with van der Waals surface area (Å²) in [5.41, 5.74) is 0.917. The van der Waals surface area contributed by atoms with E-state index in [4.69, 9.17) is 14.3 Å². The van der Waals surface area contributed by atoms with E-state index in [9.17, 15) is 9.59 Å². The fourth-order valence-corrected chi connectivity index (χ4v) is 3.03. The third-order valence-electron chi connectivity index (χ3n) is 4.20. The molecule has 7 heteroatoms. The van der Waals surface area contributed by atoms with Crippen molar-refractivity contribution in [2.45, 2.75) is 18.2 Å². The van der Waals surface area contributed by atoms with Gasteiger partial charge in [0.2, 0.25) is 0 Å². The number of ether oxygens (including phenoxy) is 3.